The molecule has 0 unspecified atom stereocenters. The van der Waals surface area contributed by atoms with Crippen LogP contribution in [0.4, 0.5) is 0 Å². The molecule has 2 nitrogen and oxygen atoms in total. The number of benzene rings is 1. The largest absolute Gasteiger partial charge is 0.369 e. The predicted octanol–water partition coefficient (Wildman–Crippen LogP) is 2.67. The van der Waals surface area contributed by atoms with Crippen LogP contribution in [0.5, 0.6) is 0 Å². The molecule has 0 saturated carbocycles. The van der Waals surface area contributed by atoms with Crippen LogP contribution < -0.4 is 0 Å². The third kappa shape index (κ3) is 4.45. The Balaban J connectivity index is 2.48. The van der Waals surface area contributed by atoms with Gasteiger partial charge in [-0.05, 0) is 24.6 Å². The van der Waals surface area contributed by atoms with E-state index in [1.807, 2.05) is 0 Å². The average Bonchev–Trinajstić information content (AvgIpc) is 2.22. The van der Waals surface area contributed by atoms with Gasteiger partial charge < -0.3 is 4.74 Å². The van der Waals surface area contributed by atoms with Gasteiger partial charge in [0, 0.05) is 13.7 Å². The number of methoxy groups -OCH3 is 1. The molecule has 0 aromatic heterocycles. The maximum Gasteiger partial charge on any atom is 0.0986 e. The number of ether oxygens (including phenoxy) is 1. The second kappa shape index (κ2) is 6.59. The fraction of sp³-hybridized carbons (Fsp3) is 0.538. The van der Waals surface area contributed by atoms with Gasteiger partial charge in [-0.3, -0.25) is 4.90 Å². The molecule has 0 aliphatic rings. The molecule has 0 saturated heterocycles. The third-order valence-electron chi connectivity index (χ3n) is 2.36. The second-order valence-electron chi connectivity index (χ2n) is 4.00. The summed E-state index contributed by atoms with van der Waals surface area (Å²) in [4.78, 5) is 2.15. The summed E-state index contributed by atoms with van der Waals surface area (Å²) in [5.41, 5.74) is 2.77. The Kier molecular flexibility index (Phi) is 5.37. The van der Waals surface area contributed by atoms with Crippen LogP contribution in [0.3, 0.4) is 0 Å². The van der Waals surface area contributed by atoms with E-state index in [0.29, 0.717) is 6.73 Å². The smallest absolute Gasteiger partial charge is 0.0986 e. The van der Waals surface area contributed by atoms with Gasteiger partial charge in [0.05, 0.1) is 6.73 Å². The van der Waals surface area contributed by atoms with Crippen molar-refractivity contribution in [3.05, 3.63) is 35.4 Å². The molecule has 0 heterocycles. The van der Waals surface area contributed by atoms with Crippen molar-refractivity contribution >= 4 is 0 Å². The van der Waals surface area contributed by atoms with Gasteiger partial charge in [-0.25, -0.2) is 0 Å². The molecule has 1 rings (SSSR count). The first-order valence-electron chi connectivity index (χ1n) is 5.51. The van der Waals surface area contributed by atoms with E-state index >= 15 is 0 Å². The summed E-state index contributed by atoms with van der Waals surface area (Å²) in [6, 6.07) is 8.85. The number of nitrogens with zero attached hydrogens (tertiary/aromatic N) is 1. The first kappa shape index (κ1) is 12.2. The highest BCUT2D eigenvalue weighted by Gasteiger charge is 1.99. The first-order valence-corrected chi connectivity index (χ1v) is 5.51. The number of aryl methyl sites for hydroxylation is 1. The zero-order valence-electron chi connectivity index (χ0n) is 9.99. The minimum absolute atomic E-state index is 0.677. The van der Waals surface area contributed by atoms with E-state index < -0.39 is 0 Å². The first-order chi connectivity index (χ1) is 7.26. The third-order valence-corrected chi connectivity index (χ3v) is 2.36. The zero-order chi connectivity index (χ0) is 11.1. The van der Waals surface area contributed by atoms with E-state index in [4.69, 9.17) is 4.74 Å². The number of hydrogen-bond acceptors (Lipinski definition) is 2. The van der Waals surface area contributed by atoms with Crippen molar-refractivity contribution in [2.75, 3.05) is 20.9 Å². The highest BCUT2D eigenvalue weighted by Crippen LogP contribution is 2.08. The quantitative estimate of drug-likeness (QED) is 0.665. The predicted molar refractivity (Wildman–Crippen MR) is 63.8 cm³/mol. The fourth-order valence-electron chi connectivity index (χ4n) is 1.68. The van der Waals surface area contributed by atoms with Crippen molar-refractivity contribution in [3.8, 4) is 0 Å². The minimum Gasteiger partial charge on any atom is -0.369 e. The van der Waals surface area contributed by atoms with E-state index in [2.05, 4.69) is 43.1 Å². The lowest BCUT2D eigenvalue weighted by Gasteiger charge is -2.15. The zero-order valence-corrected chi connectivity index (χ0v) is 9.99. The molecule has 1 aromatic carbocycles. The number of hydrogen-bond donors (Lipinski definition) is 0. The van der Waals surface area contributed by atoms with Crippen LogP contribution in [0.15, 0.2) is 24.3 Å². The van der Waals surface area contributed by atoms with Crippen LogP contribution in [-0.2, 0) is 17.7 Å². The Hall–Kier alpha value is -0.860. The van der Waals surface area contributed by atoms with Crippen molar-refractivity contribution in [3.63, 3.8) is 0 Å². The Labute approximate surface area is 92.9 Å². The summed E-state index contributed by atoms with van der Waals surface area (Å²) < 4.78 is 5.06. The molecular weight excluding hydrogens is 186 g/mol. The van der Waals surface area contributed by atoms with Gasteiger partial charge in [-0.1, -0.05) is 37.6 Å². The standard InChI is InChI=1S/C13H21NO/c1-4-5-12-6-8-13(9-7-12)10-14(2)11-15-3/h6-9H,4-5,10-11H2,1-3H3. The summed E-state index contributed by atoms with van der Waals surface area (Å²) in [5.74, 6) is 0. The summed E-state index contributed by atoms with van der Waals surface area (Å²) in [5, 5.41) is 0. The Bertz CT molecular complexity index is 268. The van der Waals surface area contributed by atoms with Gasteiger partial charge in [-0.2, -0.15) is 0 Å². The second-order valence-corrected chi connectivity index (χ2v) is 4.00. The van der Waals surface area contributed by atoms with Gasteiger partial charge >= 0.3 is 0 Å². The molecule has 1 aromatic rings. The van der Waals surface area contributed by atoms with E-state index in [9.17, 15) is 0 Å². The van der Waals surface area contributed by atoms with Crippen LogP contribution >= 0.6 is 0 Å². The Morgan fingerprint density at radius 1 is 1.13 bits per heavy atom. The molecule has 0 fully saturated rings. The summed E-state index contributed by atoms with van der Waals surface area (Å²) >= 11 is 0. The van der Waals surface area contributed by atoms with Gasteiger partial charge in [0.25, 0.3) is 0 Å². The van der Waals surface area contributed by atoms with Crippen molar-refractivity contribution in [2.24, 2.45) is 0 Å². The summed E-state index contributed by atoms with van der Waals surface area (Å²) in [6.45, 7) is 3.83. The van der Waals surface area contributed by atoms with E-state index in [0.717, 1.165) is 6.54 Å². The highest BCUT2D eigenvalue weighted by atomic mass is 16.5. The van der Waals surface area contributed by atoms with Crippen LogP contribution in [0.1, 0.15) is 24.5 Å². The fourth-order valence-corrected chi connectivity index (χ4v) is 1.68. The van der Waals surface area contributed by atoms with Crippen LogP contribution in [0.25, 0.3) is 0 Å². The maximum atomic E-state index is 5.06. The molecule has 0 N–H and O–H groups in total. The molecule has 0 atom stereocenters. The molecule has 2 heteroatoms. The van der Waals surface area contributed by atoms with Gasteiger partial charge in [-0.15, -0.1) is 0 Å². The van der Waals surface area contributed by atoms with Gasteiger partial charge in [0.1, 0.15) is 0 Å². The Morgan fingerprint density at radius 3 is 2.27 bits per heavy atom. The minimum atomic E-state index is 0.677. The molecule has 0 amide bonds. The number of rotatable bonds is 6. The molecular formula is C13H21NO. The van der Waals surface area contributed by atoms with E-state index in [1.165, 1.54) is 24.0 Å². The van der Waals surface area contributed by atoms with E-state index in [-0.39, 0.29) is 0 Å². The molecule has 84 valence electrons. The van der Waals surface area contributed by atoms with Crippen LogP contribution in [0.2, 0.25) is 0 Å². The van der Waals surface area contributed by atoms with E-state index in [1.54, 1.807) is 7.11 Å². The Morgan fingerprint density at radius 2 is 1.73 bits per heavy atom. The lowest BCUT2D eigenvalue weighted by molar-refractivity contribution is 0.0771. The summed E-state index contributed by atoms with van der Waals surface area (Å²) in [7, 11) is 3.78. The van der Waals surface area contributed by atoms with Crippen molar-refractivity contribution in [1.29, 1.82) is 0 Å². The molecule has 15 heavy (non-hydrogen) atoms. The molecule has 0 aliphatic heterocycles. The van der Waals surface area contributed by atoms with Crippen molar-refractivity contribution < 1.29 is 4.74 Å². The lowest BCUT2D eigenvalue weighted by Crippen LogP contribution is -2.20. The SMILES string of the molecule is CCCc1ccc(CN(C)COC)cc1. The van der Waals surface area contributed by atoms with Crippen LogP contribution in [-0.4, -0.2) is 25.8 Å². The van der Waals surface area contributed by atoms with Gasteiger partial charge in [0.15, 0.2) is 0 Å². The normalized spacial score (nSPS) is 10.9. The lowest BCUT2D eigenvalue weighted by atomic mass is 10.1. The summed E-state index contributed by atoms with van der Waals surface area (Å²) in [6.07, 6.45) is 2.39. The molecule has 0 aliphatic carbocycles. The monoisotopic (exact) mass is 207 g/mol. The topological polar surface area (TPSA) is 12.5 Å². The average molecular weight is 207 g/mol. The molecule has 0 spiro atoms. The van der Waals surface area contributed by atoms with Crippen LogP contribution in [0, 0.1) is 0 Å². The highest BCUT2D eigenvalue weighted by molar-refractivity contribution is 5.22. The van der Waals surface area contributed by atoms with Crippen molar-refractivity contribution in [2.45, 2.75) is 26.3 Å². The maximum absolute atomic E-state index is 5.06. The van der Waals surface area contributed by atoms with Crippen molar-refractivity contribution in [1.82, 2.24) is 4.90 Å². The molecule has 0 radical (unpaired) electrons. The molecule has 0 bridgehead atoms. The van der Waals surface area contributed by atoms with Gasteiger partial charge in [0.2, 0.25) is 0 Å².